The molecule has 1 unspecified atom stereocenters. The number of hydrogen-bond donors (Lipinski definition) is 3. The average Bonchev–Trinajstić information content (AvgIpc) is 2.35. The predicted octanol–water partition coefficient (Wildman–Crippen LogP) is 1.82. The molecule has 1 atom stereocenters. The van der Waals surface area contributed by atoms with Crippen molar-refractivity contribution in [3.05, 3.63) is 29.3 Å². The average molecular weight is 302 g/mol. The third kappa shape index (κ3) is 4.63. The Morgan fingerprint density at radius 1 is 1.30 bits per heavy atom. The first kappa shape index (κ1) is 16.7. The largest absolute Gasteiger partial charge is 0.478 e. The van der Waals surface area contributed by atoms with E-state index in [1.807, 2.05) is 19.9 Å². The molecule has 20 heavy (non-hydrogen) atoms. The molecule has 0 saturated heterocycles. The summed E-state index contributed by atoms with van der Waals surface area (Å²) in [4.78, 5) is 28.9. The van der Waals surface area contributed by atoms with Crippen LogP contribution in [0.5, 0.6) is 5.75 Å². The lowest BCUT2D eigenvalue weighted by Crippen LogP contribution is -2.31. The van der Waals surface area contributed by atoms with E-state index in [0.29, 0.717) is 12.2 Å². The Balaban J connectivity index is 3.05. The number of aryl methyl sites for hydroxylation is 1. The number of carboxylic acid groups (broad SMARTS) is 1. The van der Waals surface area contributed by atoms with Crippen molar-refractivity contribution in [1.29, 1.82) is 0 Å². The van der Waals surface area contributed by atoms with Crippen LogP contribution in [0.3, 0.4) is 0 Å². The van der Waals surface area contributed by atoms with E-state index in [9.17, 15) is 9.36 Å². The number of carbonyl (C=O) groups is 1. The topological polar surface area (TPSA) is 104 Å². The van der Waals surface area contributed by atoms with Gasteiger partial charge in [-0.05, 0) is 30.0 Å². The molecule has 0 amide bonds. The molecule has 0 saturated carbocycles. The molecule has 0 aliphatic heterocycles. The first-order valence-electron chi connectivity index (χ1n) is 6.33. The minimum atomic E-state index is -4.46. The molecule has 1 aromatic rings. The Morgan fingerprint density at radius 3 is 2.40 bits per heavy atom. The molecule has 0 fully saturated rings. The Kier molecular flexibility index (Phi) is 5.74. The second-order valence-corrected chi connectivity index (χ2v) is 6.09. The monoisotopic (exact) mass is 302 g/mol. The number of rotatable bonds is 7. The van der Waals surface area contributed by atoms with Crippen molar-refractivity contribution in [2.45, 2.75) is 32.8 Å². The van der Waals surface area contributed by atoms with Gasteiger partial charge in [0.05, 0.1) is 6.16 Å². The zero-order valence-electron chi connectivity index (χ0n) is 11.4. The van der Waals surface area contributed by atoms with E-state index in [-0.39, 0.29) is 0 Å². The number of hydrogen-bond acceptors (Lipinski definition) is 3. The second kappa shape index (κ2) is 6.88. The molecule has 1 rings (SSSR count). The first-order valence-corrected chi connectivity index (χ1v) is 8.13. The highest BCUT2D eigenvalue weighted by atomic mass is 31.2. The quantitative estimate of drug-likeness (QED) is 0.664. The lowest BCUT2D eigenvalue weighted by molar-refractivity contribution is -0.144. The smallest absolute Gasteiger partial charge is 0.345 e. The molecular formula is C13H19O6P. The zero-order chi connectivity index (χ0) is 15.3. The summed E-state index contributed by atoms with van der Waals surface area (Å²) < 4.78 is 16.3. The van der Waals surface area contributed by atoms with Crippen LogP contribution in [0, 0.1) is 0 Å². The van der Waals surface area contributed by atoms with Crippen molar-refractivity contribution in [3.63, 3.8) is 0 Å². The van der Waals surface area contributed by atoms with Gasteiger partial charge in [0.2, 0.25) is 6.10 Å². The van der Waals surface area contributed by atoms with Crippen molar-refractivity contribution in [1.82, 2.24) is 0 Å². The highest BCUT2D eigenvalue weighted by Gasteiger charge is 2.29. The van der Waals surface area contributed by atoms with Crippen LogP contribution in [-0.2, 0) is 22.2 Å². The van der Waals surface area contributed by atoms with Crippen molar-refractivity contribution >= 4 is 13.6 Å². The summed E-state index contributed by atoms with van der Waals surface area (Å²) in [5.74, 6) is -1.02. The van der Waals surface area contributed by atoms with Crippen LogP contribution in [0.2, 0.25) is 0 Å². The van der Waals surface area contributed by atoms with Crippen LogP contribution in [0.25, 0.3) is 0 Å². The molecule has 0 aliphatic carbocycles. The van der Waals surface area contributed by atoms with Crippen molar-refractivity contribution in [2.24, 2.45) is 0 Å². The Labute approximate surface area is 117 Å². The molecule has 0 heterocycles. The molecule has 0 bridgehead atoms. The summed E-state index contributed by atoms with van der Waals surface area (Å²) in [5, 5.41) is 9.02. The van der Waals surface area contributed by atoms with Gasteiger partial charge in [-0.2, -0.15) is 0 Å². The summed E-state index contributed by atoms with van der Waals surface area (Å²) in [5.41, 5.74) is 1.90. The summed E-state index contributed by atoms with van der Waals surface area (Å²) in [6.07, 6.45) is -0.978. The maximum atomic E-state index is 11.1. The molecule has 6 nitrogen and oxygen atoms in total. The van der Waals surface area contributed by atoms with E-state index in [1.54, 1.807) is 12.1 Å². The molecule has 0 aromatic heterocycles. The lowest BCUT2D eigenvalue weighted by Gasteiger charge is -2.19. The Bertz CT molecular complexity index is 522. The van der Waals surface area contributed by atoms with E-state index in [2.05, 4.69) is 0 Å². The van der Waals surface area contributed by atoms with Crippen LogP contribution >= 0.6 is 7.60 Å². The SMILES string of the molecule is CCc1cccc(OC(CP(=O)(O)O)C(=O)O)c1CC. The minimum absolute atomic E-state index is 0.368. The third-order valence-electron chi connectivity index (χ3n) is 2.91. The Morgan fingerprint density at radius 2 is 1.95 bits per heavy atom. The molecular weight excluding hydrogens is 283 g/mol. The third-order valence-corrected chi connectivity index (χ3v) is 3.72. The molecule has 7 heteroatoms. The summed E-state index contributed by atoms with van der Waals surface area (Å²) >= 11 is 0. The second-order valence-electron chi connectivity index (χ2n) is 4.39. The zero-order valence-corrected chi connectivity index (χ0v) is 12.3. The van der Waals surface area contributed by atoms with Crippen LogP contribution in [0.15, 0.2) is 18.2 Å². The van der Waals surface area contributed by atoms with E-state index < -0.39 is 25.8 Å². The number of aliphatic carboxylic acids is 1. The van der Waals surface area contributed by atoms with Crippen molar-refractivity contribution in [3.8, 4) is 5.75 Å². The summed E-state index contributed by atoms with van der Waals surface area (Å²) in [7, 11) is -4.46. The molecule has 112 valence electrons. The number of benzene rings is 1. The van der Waals surface area contributed by atoms with E-state index >= 15 is 0 Å². The lowest BCUT2D eigenvalue weighted by atomic mass is 10.0. The highest BCUT2D eigenvalue weighted by Crippen LogP contribution is 2.36. The normalized spacial score (nSPS) is 13.0. The Hall–Kier alpha value is -1.36. The van der Waals surface area contributed by atoms with Gasteiger partial charge in [-0.1, -0.05) is 26.0 Å². The molecule has 0 spiro atoms. The van der Waals surface area contributed by atoms with Gasteiger partial charge >= 0.3 is 13.6 Å². The molecule has 0 aliphatic rings. The van der Waals surface area contributed by atoms with Gasteiger partial charge in [-0.15, -0.1) is 0 Å². The summed E-state index contributed by atoms with van der Waals surface area (Å²) in [6, 6.07) is 5.28. The highest BCUT2D eigenvalue weighted by molar-refractivity contribution is 7.51. The van der Waals surface area contributed by atoms with Gasteiger partial charge in [0.25, 0.3) is 0 Å². The van der Waals surface area contributed by atoms with Crippen LogP contribution in [0.4, 0.5) is 0 Å². The molecule has 0 radical (unpaired) electrons. The van der Waals surface area contributed by atoms with Crippen molar-refractivity contribution in [2.75, 3.05) is 6.16 Å². The van der Waals surface area contributed by atoms with E-state index in [1.165, 1.54) is 0 Å². The first-order chi connectivity index (χ1) is 9.28. The van der Waals surface area contributed by atoms with Gasteiger partial charge in [-0.25, -0.2) is 4.79 Å². The fourth-order valence-corrected chi connectivity index (χ4v) is 2.65. The van der Waals surface area contributed by atoms with Crippen LogP contribution in [0.1, 0.15) is 25.0 Å². The molecule has 3 N–H and O–H groups in total. The number of ether oxygens (including phenoxy) is 1. The van der Waals surface area contributed by atoms with Gasteiger partial charge < -0.3 is 19.6 Å². The van der Waals surface area contributed by atoms with Crippen LogP contribution in [-0.4, -0.2) is 33.1 Å². The predicted molar refractivity (Wildman–Crippen MR) is 74.2 cm³/mol. The molecule has 1 aromatic carbocycles. The summed E-state index contributed by atoms with van der Waals surface area (Å²) in [6.45, 7) is 3.89. The fourth-order valence-electron chi connectivity index (χ4n) is 1.99. The van der Waals surface area contributed by atoms with E-state index in [0.717, 1.165) is 17.5 Å². The van der Waals surface area contributed by atoms with E-state index in [4.69, 9.17) is 19.6 Å². The van der Waals surface area contributed by atoms with Gasteiger partial charge in [0.15, 0.2) is 0 Å². The standard InChI is InChI=1S/C13H19O6P/c1-3-9-6-5-7-11(10(9)4-2)19-12(13(14)15)8-20(16,17)18/h5-7,12H,3-4,8H2,1-2H3,(H,14,15)(H2,16,17,18). The minimum Gasteiger partial charge on any atom is -0.478 e. The maximum absolute atomic E-state index is 11.1. The van der Waals surface area contributed by atoms with Crippen LogP contribution < -0.4 is 4.74 Å². The number of carboxylic acids is 1. The van der Waals surface area contributed by atoms with Crippen molar-refractivity contribution < 1.29 is 29.0 Å². The van der Waals surface area contributed by atoms with Gasteiger partial charge in [0, 0.05) is 0 Å². The fraction of sp³-hybridized carbons (Fsp3) is 0.462. The van der Waals surface area contributed by atoms with Gasteiger partial charge in [-0.3, -0.25) is 4.57 Å². The van der Waals surface area contributed by atoms with Gasteiger partial charge in [0.1, 0.15) is 5.75 Å². The maximum Gasteiger partial charge on any atom is 0.345 e.